The number of β-amino-alcohol motifs (C(OH)–C–C–N with tert-alkyl or cyclic N) is 1. The van der Waals surface area contributed by atoms with Crippen molar-refractivity contribution in [2.45, 2.75) is 38.8 Å². The lowest BCUT2D eigenvalue weighted by Gasteiger charge is -2.35. The number of hydrogen-bond acceptors (Lipinski definition) is 3. The van der Waals surface area contributed by atoms with Crippen molar-refractivity contribution in [3.05, 3.63) is 0 Å². The zero-order valence-electron chi connectivity index (χ0n) is 8.99. The van der Waals surface area contributed by atoms with Crippen LogP contribution in [-0.4, -0.2) is 47.7 Å². The highest BCUT2D eigenvalue weighted by Gasteiger charge is 2.26. The first kappa shape index (κ1) is 11.5. The zero-order valence-corrected chi connectivity index (χ0v) is 8.99. The zero-order chi connectivity index (χ0) is 10.6. The average Bonchev–Trinajstić information content (AvgIpc) is 2.11. The molecule has 0 aliphatic carbocycles. The van der Waals surface area contributed by atoms with Crippen LogP contribution in [0, 0.1) is 0 Å². The van der Waals surface area contributed by atoms with Gasteiger partial charge < -0.3 is 10.4 Å². The number of aliphatic hydroxyl groups excluding tert-OH is 1. The van der Waals surface area contributed by atoms with Gasteiger partial charge in [0.25, 0.3) is 0 Å². The Morgan fingerprint density at radius 2 is 2.07 bits per heavy atom. The van der Waals surface area contributed by atoms with Crippen molar-refractivity contribution in [1.29, 1.82) is 0 Å². The highest BCUT2D eigenvalue weighted by atomic mass is 16.3. The molecule has 1 fully saturated rings. The van der Waals surface area contributed by atoms with Gasteiger partial charge in [0.1, 0.15) is 0 Å². The van der Waals surface area contributed by atoms with Crippen LogP contribution in [0.3, 0.4) is 0 Å². The Kier molecular flexibility index (Phi) is 4.35. The van der Waals surface area contributed by atoms with Gasteiger partial charge >= 0.3 is 0 Å². The van der Waals surface area contributed by atoms with E-state index >= 15 is 0 Å². The third kappa shape index (κ3) is 3.27. The molecule has 2 N–H and O–H groups in total. The molecular formula is C10H20N2O2. The molecule has 0 aromatic rings. The van der Waals surface area contributed by atoms with Gasteiger partial charge in [-0.2, -0.15) is 0 Å². The summed E-state index contributed by atoms with van der Waals surface area (Å²) in [7, 11) is 0. The van der Waals surface area contributed by atoms with E-state index in [1.807, 2.05) is 4.90 Å². The van der Waals surface area contributed by atoms with E-state index in [0.29, 0.717) is 25.7 Å². The minimum atomic E-state index is -0.226. The second-order valence-electron chi connectivity index (χ2n) is 3.93. The van der Waals surface area contributed by atoms with Gasteiger partial charge in [0, 0.05) is 19.1 Å². The molecule has 1 aliphatic rings. The lowest BCUT2D eigenvalue weighted by molar-refractivity contribution is -0.125. The highest BCUT2D eigenvalue weighted by Crippen LogP contribution is 2.06. The summed E-state index contributed by atoms with van der Waals surface area (Å²) in [4.78, 5) is 13.4. The van der Waals surface area contributed by atoms with E-state index in [-0.39, 0.29) is 12.0 Å². The number of carbonyl (C=O) groups excluding carboxylic acids is 1. The Morgan fingerprint density at radius 1 is 1.50 bits per heavy atom. The van der Waals surface area contributed by atoms with Crippen LogP contribution >= 0.6 is 0 Å². The molecule has 0 radical (unpaired) electrons. The normalized spacial score (nSPS) is 18.3. The molecule has 0 unspecified atom stereocenters. The quantitative estimate of drug-likeness (QED) is 0.655. The molecular weight excluding hydrogens is 180 g/mol. The average molecular weight is 200 g/mol. The number of nitrogens with one attached hydrogen (secondary N) is 1. The van der Waals surface area contributed by atoms with E-state index in [9.17, 15) is 4.79 Å². The third-order valence-electron chi connectivity index (χ3n) is 2.66. The van der Waals surface area contributed by atoms with Gasteiger partial charge in [-0.05, 0) is 12.8 Å². The van der Waals surface area contributed by atoms with Crippen LogP contribution in [0.25, 0.3) is 0 Å². The molecule has 0 atom stereocenters. The molecule has 0 aromatic heterocycles. The predicted molar refractivity (Wildman–Crippen MR) is 55.0 cm³/mol. The van der Waals surface area contributed by atoms with Crippen LogP contribution in [0.4, 0.5) is 0 Å². The summed E-state index contributed by atoms with van der Waals surface area (Å²) in [5.41, 5.74) is 0. The van der Waals surface area contributed by atoms with Gasteiger partial charge in [0.2, 0.25) is 5.91 Å². The number of amides is 1. The number of rotatable bonds is 5. The Balaban J connectivity index is 2.15. The lowest BCUT2D eigenvalue weighted by Crippen LogP contribution is -2.54. The maximum atomic E-state index is 11.4. The molecule has 14 heavy (non-hydrogen) atoms. The number of carbonyl (C=O) groups is 1. The van der Waals surface area contributed by atoms with Crippen molar-refractivity contribution in [3.8, 4) is 0 Å². The summed E-state index contributed by atoms with van der Waals surface area (Å²) in [6.07, 6.45) is 1.73. The van der Waals surface area contributed by atoms with E-state index in [0.717, 1.165) is 12.8 Å². The minimum Gasteiger partial charge on any atom is -0.390 e. The molecule has 0 bridgehead atoms. The van der Waals surface area contributed by atoms with Crippen LogP contribution in [-0.2, 0) is 4.79 Å². The molecule has 0 spiro atoms. The maximum absolute atomic E-state index is 11.4. The fourth-order valence-electron chi connectivity index (χ4n) is 1.64. The molecule has 1 amide bonds. The van der Waals surface area contributed by atoms with Crippen molar-refractivity contribution in [2.75, 3.05) is 19.6 Å². The Hall–Kier alpha value is -0.610. The number of nitrogens with zero attached hydrogens (tertiary/aromatic N) is 1. The van der Waals surface area contributed by atoms with Gasteiger partial charge in [-0.25, -0.2) is 0 Å². The highest BCUT2D eigenvalue weighted by molar-refractivity contribution is 5.78. The van der Waals surface area contributed by atoms with Gasteiger partial charge in [-0.15, -0.1) is 0 Å². The van der Waals surface area contributed by atoms with Gasteiger partial charge in [-0.1, -0.05) is 13.8 Å². The van der Waals surface area contributed by atoms with Crippen LogP contribution in [0.2, 0.25) is 0 Å². The summed E-state index contributed by atoms with van der Waals surface area (Å²) in [5, 5.41) is 12.0. The second kappa shape index (κ2) is 5.32. The van der Waals surface area contributed by atoms with E-state index < -0.39 is 0 Å². The lowest BCUT2D eigenvalue weighted by atomic mass is 10.1. The van der Waals surface area contributed by atoms with Crippen LogP contribution in [0.15, 0.2) is 0 Å². The minimum absolute atomic E-state index is 0.0746. The maximum Gasteiger partial charge on any atom is 0.234 e. The van der Waals surface area contributed by atoms with E-state index in [4.69, 9.17) is 5.11 Å². The SMILES string of the molecule is CCC(CC)NC(=O)CN1CC(O)C1. The van der Waals surface area contributed by atoms with E-state index in [1.165, 1.54) is 0 Å². The number of likely N-dealkylation sites (tertiary alicyclic amines) is 1. The van der Waals surface area contributed by atoms with Crippen molar-refractivity contribution < 1.29 is 9.90 Å². The molecule has 0 aromatic carbocycles. The second-order valence-corrected chi connectivity index (χ2v) is 3.93. The molecule has 4 heteroatoms. The summed E-state index contributed by atoms with van der Waals surface area (Å²) in [6, 6.07) is 0.300. The van der Waals surface area contributed by atoms with Crippen LogP contribution in [0.5, 0.6) is 0 Å². The smallest absolute Gasteiger partial charge is 0.234 e. The molecule has 4 nitrogen and oxygen atoms in total. The first-order valence-electron chi connectivity index (χ1n) is 5.35. The Labute approximate surface area is 85.3 Å². The number of hydrogen-bond donors (Lipinski definition) is 2. The topological polar surface area (TPSA) is 52.6 Å². The molecule has 0 saturated carbocycles. The van der Waals surface area contributed by atoms with Crippen molar-refractivity contribution in [2.24, 2.45) is 0 Å². The van der Waals surface area contributed by atoms with Crippen LogP contribution in [0.1, 0.15) is 26.7 Å². The first-order valence-corrected chi connectivity index (χ1v) is 5.35. The fraction of sp³-hybridized carbons (Fsp3) is 0.900. The van der Waals surface area contributed by atoms with Gasteiger partial charge in [-0.3, -0.25) is 9.69 Å². The van der Waals surface area contributed by atoms with E-state index in [1.54, 1.807) is 0 Å². The van der Waals surface area contributed by atoms with Crippen molar-refractivity contribution >= 4 is 5.91 Å². The van der Waals surface area contributed by atoms with E-state index in [2.05, 4.69) is 19.2 Å². The van der Waals surface area contributed by atoms with Crippen LogP contribution < -0.4 is 5.32 Å². The molecule has 1 aliphatic heterocycles. The van der Waals surface area contributed by atoms with Gasteiger partial charge in [0.05, 0.1) is 12.6 Å². The largest absolute Gasteiger partial charge is 0.390 e. The molecule has 1 rings (SSSR count). The third-order valence-corrected chi connectivity index (χ3v) is 2.66. The summed E-state index contributed by atoms with van der Waals surface area (Å²) in [5.74, 6) is 0.0746. The molecule has 1 saturated heterocycles. The Bertz CT molecular complexity index is 187. The number of aliphatic hydroxyl groups is 1. The predicted octanol–water partition coefficient (Wildman–Crippen LogP) is -0.0323. The molecule has 82 valence electrons. The summed E-state index contributed by atoms with van der Waals surface area (Å²) in [6.45, 7) is 5.84. The summed E-state index contributed by atoms with van der Waals surface area (Å²) < 4.78 is 0. The van der Waals surface area contributed by atoms with Gasteiger partial charge in [0.15, 0.2) is 0 Å². The molecule has 1 heterocycles. The fourth-order valence-corrected chi connectivity index (χ4v) is 1.64. The monoisotopic (exact) mass is 200 g/mol. The first-order chi connectivity index (χ1) is 6.65. The Morgan fingerprint density at radius 3 is 2.50 bits per heavy atom. The van der Waals surface area contributed by atoms with Crippen molar-refractivity contribution in [1.82, 2.24) is 10.2 Å². The summed E-state index contributed by atoms with van der Waals surface area (Å²) >= 11 is 0. The standard InChI is InChI=1S/C10H20N2O2/c1-3-8(4-2)11-10(14)7-12-5-9(13)6-12/h8-9,13H,3-7H2,1-2H3,(H,11,14). The van der Waals surface area contributed by atoms with Crippen molar-refractivity contribution in [3.63, 3.8) is 0 Å².